The first kappa shape index (κ1) is 16.0. The minimum atomic E-state index is 0.350. The average molecular weight is 293 g/mol. The van der Waals surface area contributed by atoms with E-state index in [-0.39, 0.29) is 0 Å². The molecule has 0 amide bonds. The highest BCUT2D eigenvalue weighted by Gasteiger charge is 2.16. The molecule has 2 N–H and O–H groups in total. The molecule has 2 aromatic rings. The normalized spacial score (nSPS) is 10.4. The smallest absolute Gasteiger partial charge is 0.133 e. The fourth-order valence-corrected chi connectivity index (χ4v) is 2.63. The van der Waals surface area contributed by atoms with Crippen LogP contribution in [0.3, 0.4) is 0 Å². The van der Waals surface area contributed by atoms with Crippen molar-refractivity contribution in [3.8, 4) is 0 Å². The molecule has 0 saturated carbocycles. The largest absolute Gasteiger partial charge is 0.314 e. The van der Waals surface area contributed by atoms with E-state index >= 15 is 0 Å². The first-order chi connectivity index (χ1) is 10.3. The Hall–Kier alpha value is -2.42. The molecule has 114 valence electrons. The van der Waals surface area contributed by atoms with Crippen LogP contribution in [0.15, 0.2) is 36.4 Å². The second-order valence-corrected chi connectivity index (χ2v) is 5.89. The fourth-order valence-electron chi connectivity index (χ4n) is 2.63. The lowest BCUT2D eigenvalue weighted by atomic mass is 10.0. The summed E-state index contributed by atoms with van der Waals surface area (Å²) in [7, 11) is 1.78. The van der Waals surface area contributed by atoms with Crippen LogP contribution in [-0.2, 0) is 0 Å². The lowest BCUT2D eigenvalue weighted by molar-refractivity contribution is 0.739. The number of rotatable bonds is 2. The van der Waals surface area contributed by atoms with Crippen molar-refractivity contribution >= 4 is 11.7 Å². The Morgan fingerprint density at radius 1 is 0.727 bits per heavy atom. The molecular weight excluding hydrogens is 270 g/mol. The number of hydrogen-bond acceptors (Lipinski definition) is 2. The van der Waals surface area contributed by atoms with Gasteiger partial charge in [-0.05, 0) is 38.8 Å². The highest BCUT2D eigenvalue weighted by molar-refractivity contribution is 6.13. The molecule has 2 aromatic carbocycles. The van der Waals surface area contributed by atoms with Crippen LogP contribution in [0.4, 0.5) is 0 Å². The Balaban J connectivity index is 2.32. The van der Waals surface area contributed by atoms with Crippen molar-refractivity contribution in [2.24, 2.45) is 0 Å². The molecule has 0 aromatic heterocycles. The molecule has 0 heterocycles. The predicted molar refractivity (Wildman–Crippen MR) is 93.3 cm³/mol. The summed E-state index contributed by atoms with van der Waals surface area (Å²) in [5.74, 6) is 0.699. The first-order valence-electron chi connectivity index (χ1n) is 7.37. The van der Waals surface area contributed by atoms with Crippen molar-refractivity contribution in [2.45, 2.75) is 27.7 Å². The van der Waals surface area contributed by atoms with E-state index in [1.165, 1.54) is 11.1 Å². The topological polar surface area (TPSA) is 50.9 Å². The third-order valence-electron chi connectivity index (χ3n) is 3.94. The Labute approximate surface area is 132 Å². The van der Waals surface area contributed by atoms with Gasteiger partial charge in [-0.25, -0.2) is 0 Å². The molecule has 2 rings (SSSR count). The number of aryl methyl sites for hydroxylation is 4. The Kier molecular flexibility index (Phi) is 4.45. The number of hydrogen-bond donors (Lipinski definition) is 2. The van der Waals surface area contributed by atoms with E-state index in [1.54, 1.807) is 11.9 Å². The summed E-state index contributed by atoms with van der Waals surface area (Å²) in [6.45, 7) is 8.10. The first-order valence-corrected chi connectivity index (χ1v) is 7.37. The lowest BCUT2D eigenvalue weighted by Gasteiger charge is -2.23. The molecule has 0 aliphatic carbocycles. The molecule has 3 nitrogen and oxygen atoms in total. The van der Waals surface area contributed by atoms with Gasteiger partial charge >= 0.3 is 0 Å². The van der Waals surface area contributed by atoms with Crippen LogP contribution in [0.2, 0.25) is 0 Å². The van der Waals surface area contributed by atoms with E-state index in [0.29, 0.717) is 11.7 Å². The molecule has 0 aliphatic heterocycles. The molecule has 22 heavy (non-hydrogen) atoms. The summed E-state index contributed by atoms with van der Waals surface area (Å²) in [5.41, 5.74) is 6.21. The highest BCUT2D eigenvalue weighted by Crippen LogP contribution is 2.16. The summed E-state index contributed by atoms with van der Waals surface area (Å²) in [6, 6.07) is 12.1. The van der Waals surface area contributed by atoms with E-state index in [0.717, 1.165) is 22.3 Å². The second kappa shape index (κ2) is 6.14. The SMILES string of the molecule is Cc1ccc(C(=N)N(C)C(=N)c2ccc(C)cc2C)c(C)c1. The summed E-state index contributed by atoms with van der Waals surface area (Å²) in [4.78, 5) is 1.63. The zero-order chi connectivity index (χ0) is 16.4. The van der Waals surface area contributed by atoms with Crippen LogP contribution in [-0.4, -0.2) is 23.6 Å². The van der Waals surface area contributed by atoms with Gasteiger partial charge in [0, 0.05) is 18.2 Å². The standard InChI is InChI=1S/C19H23N3/c1-12-6-8-16(14(3)10-12)18(20)22(5)19(21)17-9-7-13(2)11-15(17)4/h6-11,20-21H,1-5H3. The maximum absolute atomic E-state index is 8.42. The third-order valence-corrected chi connectivity index (χ3v) is 3.94. The van der Waals surface area contributed by atoms with E-state index in [9.17, 15) is 0 Å². The van der Waals surface area contributed by atoms with Gasteiger partial charge in [0.1, 0.15) is 11.7 Å². The second-order valence-electron chi connectivity index (χ2n) is 5.89. The van der Waals surface area contributed by atoms with Crippen LogP contribution in [0.5, 0.6) is 0 Å². The number of amidine groups is 2. The van der Waals surface area contributed by atoms with E-state index in [1.807, 2.05) is 52.0 Å². The molecule has 3 heteroatoms. The van der Waals surface area contributed by atoms with Gasteiger partial charge in [-0.1, -0.05) is 47.5 Å². The third kappa shape index (κ3) is 3.08. The van der Waals surface area contributed by atoms with Crippen molar-refractivity contribution in [2.75, 3.05) is 7.05 Å². The quantitative estimate of drug-likeness (QED) is 0.632. The molecule has 0 aliphatic rings. The van der Waals surface area contributed by atoms with Crippen LogP contribution in [0.25, 0.3) is 0 Å². The predicted octanol–water partition coefficient (Wildman–Crippen LogP) is 4.20. The van der Waals surface area contributed by atoms with Gasteiger partial charge in [-0.15, -0.1) is 0 Å². The molecule has 0 saturated heterocycles. The van der Waals surface area contributed by atoms with Gasteiger partial charge in [0.25, 0.3) is 0 Å². The maximum atomic E-state index is 8.42. The van der Waals surface area contributed by atoms with Crippen LogP contribution < -0.4 is 0 Å². The number of benzene rings is 2. The zero-order valence-electron chi connectivity index (χ0n) is 13.9. The average Bonchev–Trinajstić information content (AvgIpc) is 2.45. The molecular formula is C19H23N3. The minimum Gasteiger partial charge on any atom is -0.314 e. The highest BCUT2D eigenvalue weighted by atomic mass is 15.2. The van der Waals surface area contributed by atoms with Crippen molar-refractivity contribution in [1.29, 1.82) is 10.8 Å². The molecule has 0 fully saturated rings. The van der Waals surface area contributed by atoms with Gasteiger partial charge in [0.2, 0.25) is 0 Å². The summed E-state index contributed by atoms with van der Waals surface area (Å²) in [5, 5.41) is 16.8. The summed E-state index contributed by atoms with van der Waals surface area (Å²) in [6.07, 6.45) is 0. The van der Waals surface area contributed by atoms with Crippen molar-refractivity contribution in [3.05, 3.63) is 69.8 Å². The van der Waals surface area contributed by atoms with Gasteiger partial charge in [0.15, 0.2) is 0 Å². The molecule has 0 spiro atoms. The Bertz CT molecular complexity index is 681. The monoisotopic (exact) mass is 293 g/mol. The van der Waals surface area contributed by atoms with Gasteiger partial charge in [-0.2, -0.15) is 0 Å². The Morgan fingerprint density at radius 2 is 1.09 bits per heavy atom. The molecule has 0 unspecified atom stereocenters. The van der Waals surface area contributed by atoms with Crippen molar-refractivity contribution < 1.29 is 0 Å². The van der Waals surface area contributed by atoms with E-state index in [2.05, 4.69) is 12.1 Å². The molecule has 0 bridgehead atoms. The van der Waals surface area contributed by atoms with Gasteiger partial charge < -0.3 is 4.90 Å². The number of nitrogens with one attached hydrogen (secondary N) is 2. The zero-order valence-corrected chi connectivity index (χ0v) is 13.9. The maximum Gasteiger partial charge on any atom is 0.133 e. The van der Waals surface area contributed by atoms with Crippen LogP contribution >= 0.6 is 0 Å². The summed E-state index contributed by atoms with van der Waals surface area (Å²) >= 11 is 0. The van der Waals surface area contributed by atoms with Gasteiger partial charge in [-0.3, -0.25) is 10.8 Å². The van der Waals surface area contributed by atoms with E-state index in [4.69, 9.17) is 10.8 Å². The number of nitrogens with zero attached hydrogens (tertiary/aromatic N) is 1. The minimum absolute atomic E-state index is 0.350. The Morgan fingerprint density at radius 3 is 1.41 bits per heavy atom. The van der Waals surface area contributed by atoms with Crippen LogP contribution in [0, 0.1) is 38.5 Å². The fraction of sp³-hybridized carbons (Fsp3) is 0.263. The van der Waals surface area contributed by atoms with Crippen molar-refractivity contribution in [1.82, 2.24) is 4.90 Å². The van der Waals surface area contributed by atoms with E-state index < -0.39 is 0 Å². The van der Waals surface area contributed by atoms with Crippen LogP contribution in [0.1, 0.15) is 33.4 Å². The molecule has 0 atom stereocenters. The van der Waals surface area contributed by atoms with Crippen molar-refractivity contribution in [3.63, 3.8) is 0 Å². The molecule has 0 radical (unpaired) electrons. The summed E-state index contributed by atoms with van der Waals surface area (Å²) < 4.78 is 0. The van der Waals surface area contributed by atoms with Gasteiger partial charge in [0.05, 0.1) is 0 Å². The lowest BCUT2D eigenvalue weighted by Crippen LogP contribution is -2.34.